The minimum absolute atomic E-state index is 0.0717. The highest BCUT2D eigenvalue weighted by atomic mass is 35.5. The maximum atomic E-state index is 13.3. The third-order valence-corrected chi connectivity index (χ3v) is 6.59. The minimum Gasteiger partial charge on any atom is -0.495 e. The summed E-state index contributed by atoms with van der Waals surface area (Å²) in [5.74, 6) is 0.573. The average molecular weight is 467 g/mol. The Bertz CT molecular complexity index is 1100. The molecule has 7 heteroatoms. The number of amides is 2. The van der Waals surface area contributed by atoms with Crippen molar-refractivity contribution in [1.82, 2.24) is 0 Å². The van der Waals surface area contributed by atoms with Gasteiger partial charge in [-0.05, 0) is 60.9 Å². The number of halogens is 1. The average Bonchev–Trinajstić information content (AvgIpc) is 3.65. The van der Waals surface area contributed by atoms with E-state index in [-0.39, 0.29) is 17.7 Å². The molecule has 1 atom stereocenters. The third-order valence-electron chi connectivity index (χ3n) is 5.08. The van der Waals surface area contributed by atoms with Gasteiger partial charge in [0.05, 0.1) is 12.8 Å². The number of hydrogen-bond donors (Lipinski definition) is 2. The quantitative estimate of drug-likeness (QED) is 0.389. The van der Waals surface area contributed by atoms with E-state index in [0.717, 1.165) is 29.0 Å². The number of hydrogen-bond acceptors (Lipinski definition) is 4. The van der Waals surface area contributed by atoms with Gasteiger partial charge in [0.25, 0.3) is 0 Å². The van der Waals surface area contributed by atoms with Crippen molar-refractivity contribution in [3.05, 3.63) is 83.4 Å². The van der Waals surface area contributed by atoms with Crippen LogP contribution in [0.5, 0.6) is 5.75 Å². The Hall–Kier alpha value is -2.96. The predicted molar refractivity (Wildman–Crippen MR) is 129 cm³/mol. The molecule has 1 fully saturated rings. The highest BCUT2D eigenvalue weighted by molar-refractivity contribution is 8.00. The van der Waals surface area contributed by atoms with Crippen molar-refractivity contribution in [2.45, 2.75) is 23.0 Å². The molecule has 0 spiro atoms. The zero-order valence-corrected chi connectivity index (χ0v) is 19.1. The molecule has 0 heterocycles. The molecule has 1 aliphatic rings. The van der Waals surface area contributed by atoms with E-state index in [2.05, 4.69) is 10.6 Å². The van der Waals surface area contributed by atoms with E-state index in [1.54, 1.807) is 25.3 Å². The van der Waals surface area contributed by atoms with Gasteiger partial charge in [0.1, 0.15) is 11.0 Å². The molecular weight excluding hydrogens is 444 g/mol. The lowest BCUT2D eigenvalue weighted by atomic mass is 10.1. The van der Waals surface area contributed by atoms with Gasteiger partial charge in [-0.2, -0.15) is 0 Å². The Kier molecular flexibility index (Phi) is 7.02. The fourth-order valence-corrected chi connectivity index (χ4v) is 4.42. The Labute approximate surface area is 196 Å². The van der Waals surface area contributed by atoms with Crippen LogP contribution in [0.15, 0.2) is 77.7 Å². The zero-order valence-electron chi connectivity index (χ0n) is 17.5. The molecule has 1 unspecified atom stereocenters. The van der Waals surface area contributed by atoms with E-state index in [1.165, 1.54) is 11.8 Å². The molecule has 3 aromatic rings. The summed E-state index contributed by atoms with van der Waals surface area (Å²) in [5, 5.41) is 5.90. The normalized spacial score (nSPS) is 13.8. The van der Waals surface area contributed by atoms with Crippen LogP contribution in [0, 0.1) is 5.92 Å². The van der Waals surface area contributed by atoms with E-state index in [1.807, 2.05) is 54.6 Å². The molecule has 4 rings (SSSR count). The molecule has 3 aromatic carbocycles. The lowest BCUT2D eigenvalue weighted by Gasteiger charge is -2.18. The molecular formula is C25H23ClN2O3S. The molecule has 32 heavy (non-hydrogen) atoms. The fourth-order valence-electron chi connectivity index (χ4n) is 3.22. The van der Waals surface area contributed by atoms with Crippen molar-refractivity contribution in [3.63, 3.8) is 0 Å². The number of carbonyl (C=O) groups excluding carboxylic acids is 2. The van der Waals surface area contributed by atoms with Gasteiger partial charge in [-0.3, -0.25) is 9.59 Å². The number of methoxy groups -OCH3 is 1. The van der Waals surface area contributed by atoms with Crippen molar-refractivity contribution in [2.24, 2.45) is 5.92 Å². The van der Waals surface area contributed by atoms with Crippen LogP contribution in [0.2, 0.25) is 5.02 Å². The van der Waals surface area contributed by atoms with E-state index in [4.69, 9.17) is 16.3 Å². The maximum absolute atomic E-state index is 13.3. The van der Waals surface area contributed by atoms with Gasteiger partial charge in [0.15, 0.2) is 0 Å². The fraction of sp³-hybridized carbons (Fsp3) is 0.200. The molecule has 1 aliphatic carbocycles. The standard InChI is InChI=1S/C25H23ClN2O3S/c1-31-22-14-9-18(26)15-21(22)28-25(30)23(16-5-3-2-4-6-16)32-20-12-10-19(11-13-20)27-24(29)17-7-8-17/h2-6,9-15,17,23H,7-8H2,1H3,(H,27,29)(H,28,30). The number of ether oxygens (including phenoxy) is 1. The summed E-state index contributed by atoms with van der Waals surface area (Å²) >= 11 is 7.55. The summed E-state index contributed by atoms with van der Waals surface area (Å²) in [6.45, 7) is 0. The first kappa shape index (κ1) is 22.2. The largest absolute Gasteiger partial charge is 0.495 e. The van der Waals surface area contributed by atoms with Crippen LogP contribution < -0.4 is 15.4 Å². The molecule has 5 nitrogen and oxygen atoms in total. The molecule has 2 N–H and O–H groups in total. The van der Waals surface area contributed by atoms with Crippen LogP contribution in [-0.2, 0) is 9.59 Å². The first-order chi connectivity index (χ1) is 15.5. The van der Waals surface area contributed by atoms with Gasteiger partial charge in [0, 0.05) is 21.5 Å². The molecule has 2 amide bonds. The first-order valence-electron chi connectivity index (χ1n) is 10.3. The lowest BCUT2D eigenvalue weighted by molar-refractivity contribution is -0.117. The number of nitrogens with one attached hydrogen (secondary N) is 2. The van der Waals surface area contributed by atoms with Crippen LogP contribution in [0.4, 0.5) is 11.4 Å². The van der Waals surface area contributed by atoms with E-state index < -0.39 is 5.25 Å². The Morgan fingerprint density at radius 2 is 1.72 bits per heavy atom. The molecule has 0 bridgehead atoms. The summed E-state index contributed by atoms with van der Waals surface area (Å²) in [7, 11) is 1.55. The highest BCUT2D eigenvalue weighted by Gasteiger charge is 2.29. The second-order valence-electron chi connectivity index (χ2n) is 7.53. The zero-order chi connectivity index (χ0) is 22.5. The van der Waals surface area contributed by atoms with Gasteiger partial charge in [-0.1, -0.05) is 41.9 Å². The molecule has 0 aliphatic heterocycles. The molecule has 1 saturated carbocycles. The van der Waals surface area contributed by atoms with E-state index >= 15 is 0 Å². The predicted octanol–water partition coefficient (Wildman–Crippen LogP) is 6.17. The Morgan fingerprint density at radius 1 is 1.00 bits per heavy atom. The maximum Gasteiger partial charge on any atom is 0.242 e. The summed E-state index contributed by atoms with van der Waals surface area (Å²) < 4.78 is 5.36. The van der Waals surface area contributed by atoms with Gasteiger partial charge in [-0.25, -0.2) is 0 Å². The van der Waals surface area contributed by atoms with Crippen LogP contribution in [0.25, 0.3) is 0 Å². The van der Waals surface area contributed by atoms with E-state index in [0.29, 0.717) is 16.5 Å². The van der Waals surface area contributed by atoms with Crippen molar-refractivity contribution >= 4 is 46.6 Å². The van der Waals surface area contributed by atoms with Gasteiger partial charge < -0.3 is 15.4 Å². The van der Waals surface area contributed by atoms with Crippen molar-refractivity contribution in [2.75, 3.05) is 17.7 Å². The van der Waals surface area contributed by atoms with Crippen molar-refractivity contribution in [1.29, 1.82) is 0 Å². The highest BCUT2D eigenvalue weighted by Crippen LogP contribution is 2.38. The molecule has 0 saturated heterocycles. The summed E-state index contributed by atoms with van der Waals surface area (Å²) in [6.07, 6.45) is 1.93. The molecule has 0 radical (unpaired) electrons. The van der Waals surface area contributed by atoms with Gasteiger partial charge in [-0.15, -0.1) is 11.8 Å². The van der Waals surface area contributed by atoms with Crippen LogP contribution >= 0.6 is 23.4 Å². The Morgan fingerprint density at radius 3 is 2.38 bits per heavy atom. The molecule has 0 aromatic heterocycles. The number of thioether (sulfide) groups is 1. The van der Waals surface area contributed by atoms with Crippen molar-refractivity contribution in [3.8, 4) is 5.75 Å². The topological polar surface area (TPSA) is 67.4 Å². The van der Waals surface area contributed by atoms with Gasteiger partial charge in [0.2, 0.25) is 11.8 Å². The third kappa shape index (κ3) is 5.64. The molecule has 164 valence electrons. The summed E-state index contributed by atoms with van der Waals surface area (Å²) in [4.78, 5) is 26.2. The van der Waals surface area contributed by atoms with Crippen LogP contribution in [0.1, 0.15) is 23.7 Å². The van der Waals surface area contributed by atoms with E-state index in [9.17, 15) is 9.59 Å². The summed E-state index contributed by atoms with van der Waals surface area (Å²) in [5.41, 5.74) is 2.16. The number of rotatable bonds is 8. The lowest BCUT2D eigenvalue weighted by Crippen LogP contribution is -2.19. The van der Waals surface area contributed by atoms with Crippen LogP contribution in [-0.4, -0.2) is 18.9 Å². The number of carbonyl (C=O) groups is 2. The smallest absolute Gasteiger partial charge is 0.242 e. The van der Waals surface area contributed by atoms with Crippen LogP contribution in [0.3, 0.4) is 0 Å². The second-order valence-corrected chi connectivity index (χ2v) is 9.15. The number of anilines is 2. The summed E-state index contributed by atoms with van der Waals surface area (Å²) in [6, 6.07) is 22.2. The first-order valence-corrected chi connectivity index (χ1v) is 11.6. The monoisotopic (exact) mass is 466 g/mol. The second kappa shape index (κ2) is 10.1. The van der Waals surface area contributed by atoms with Gasteiger partial charge >= 0.3 is 0 Å². The number of benzene rings is 3. The Balaban J connectivity index is 1.53. The van der Waals surface area contributed by atoms with Crippen molar-refractivity contribution < 1.29 is 14.3 Å². The SMILES string of the molecule is COc1ccc(Cl)cc1NC(=O)C(Sc1ccc(NC(=O)C2CC2)cc1)c1ccccc1. The minimum atomic E-state index is -0.494.